The Labute approximate surface area is 119 Å². The van der Waals surface area contributed by atoms with E-state index in [9.17, 15) is 0 Å². The van der Waals surface area contributed by atoms with Crippen molar-refractivity contribution in [3.63, 3.8) is 0 Å². The minimum Gasteiger partial charge on any atom is -0.368 e. The first-order valence-electron chi connectivity index (χ1n) is 6.54. The topological polar surface area (TPSA) is 15.3 Å². The zero-order valence-corrected chi connectivity index (χ0v) is 12.5. The molecule has 0 aromatic heterocycles. The van der Waals surface area contributed by atoms with E-state index in [1.54, 1.807) is 6.07 Å². The Bertz CT molecular complexity index is 396. The number of rotatable bonds is 3. The zero-order valence-electron chi connectivity index (χ0n) is 11.0. The minimum absolute atomic E-state index is 0.215. The number of anilines is 1. The van der Waals surface area contributed by atoms with Gasteiger partial charge in [-0.3, -0.25) is 0 Å². The second-order valence-corrected chi connectivity index (χ2v) is 5.84. The third-order valence-corrected chi connectivity index (χ3v) is 4.38. The third kappa shape index (κ3) is 2.93. The summed E-state index contributed by atoms with van der Waals surface area (Å²) in [5.41, 5.74) is 1.34. The van der Waals surface area contributed by atoms with Crippen molar-refractivity contribution >= 4 is 28.9 Å². The van der Waals surface area contributed by atoms with Crippen molar-refractivity contribution in [2.24, 2.45) is 0 Å². The average molecular weight is 287 g/mol. The predicted molar refractivity (Wildman–Crippen MR) is 80.0 cm³/mol. The molecule has 1 fully saturated rings. The molecule has 0 bridgehead atoms. The smallest absolute Gasteiger partial charge is 0.0441 e. The molecule has 0 radical (unpaired) electrons. The highest BCUT2D eigenvalue weighted by atomic mass is 35.5. The van der Waals surface area contributed by atoms with Gasteiger partial charge in [0.05, 0.1) is 0 Å². The lowest BCUT2D eigenvalue weighted by Gasteiger charge is -2.44. The van der Waals surface area contributed by atoms with E-state index in [4.69, 9.17) is 23.2 Å². The van der Waals surface area contributed by atoms with Crippen LogP contribution in [0.4, 0.5) is 5.69 Å². The lowest BCUT2D eigenvalue weighted by atomic mass is 9.90. The van der Waals surface area contributed by atoms with Gasteiger partial charge in [0.25, 0.3) is 0 Å². The van der Waals surface area contributed by atoms with Gasteiger partial charge in [0.15, 0.2) is 0 Å². The van der Waals surface area contributed by atoms with Crippen molar-refractivity contribution in [2.45, 2.75) is 32.2 Å². The van der Waals surface area contributed by atoms with E-state index >= 15 is 0 Å². The Hall–Kier alpha value is -0.440. The summed E-state index contributed by atoms with van der Waals surface area (Å²) in [6.45, 7) is 7.50. The number of hydrogen-bond donors (Lipinski definition) is 1. The first-order valence-corrected chi connectivity index (χ1v) is 7.30. The molecule has 1 heterocycles. The molecule has 1 aromatic carbocycles. The van der Waals surface area contributed by atoms with E-state index in [1.165, 1.54) is 0 Å². The highest BCUT2D eigenvalue weighted by Crippen LogP contribution is 2.29. The van der Waals surface area contributed by atoms with E-state index in [2.05, 4.69) is 24.1 Å². The maximum atomic E-state index is 6.08. The van der Waals surface area contributed by atoms with Gasteiger partial charge in [-0.1, -0.05) is 37.0 Å². The fourth-order valence-corrected chi connectivity index (χ4v) is 3.14. The predicted octanol–water partition coefficient (Wildman–Crippen LogP) is 3.96. The van der Waals surface area contributed by atoms with Gasteiger partial charge < -0.3 is 10.2 Å². The van der Waals surface area contributed by atoms with Crippen LogP contribution in [-0.4, -0.2) is 25.2 Å². The summed E-state index contributed by atoms with van der Waals surface area (Å²) in [6.07, 6.45) is 2.27. The van der Waals surface area contributed by atoms with Crippen LogP contribution >= 0.6 is 23.2 Å². The Balaban J connectivity index is 2.22. The number of hydrogen-bond acceptors (Lipinski definition) is 2. The van der Waals surface area contributed by atoms with E-state index in [0.717, 1.165) is 38.2 Å². The molecule has 0 spiro atoms. The molecule has 1 saturated heterocycles. The van der Waals surface area contributed by atoms with Crippen molar-refractivity contribution in [2.75, 3.05) is 24.5 Å². The second kappa shape index (κ2) is 5.68. The van der Waals surface area contributed by atoms with Crippen molar-refractivity contribution in [1.29, 1.82) is 0 Å². The van der Waals surface area contributed by atoms with Crippen LogP contribution in [-0.2, 0) is 0 Å². The molecule has 0 atom stereocenters. The first-order chi connectivity index (χ1) is 8.58. The zero-order chi connectivity index (χ0) is 13.2. The van der Waals surface area contributed by atoms with Crippen LogP contribution in [0, 0.1) is 0 Å². The van der Waals surface area contributed by atoms with Gasteiger partial charge in [0, 0.05) is 40.9 Å². The molecule has 18 heavy (non-hydrogen) atoms. The van der Waals surface area contributed by atoms with Crippen LogP contribution in [0.5, 0.6) is 0 Å². The lowest BCUT2D eigenvalue weighted by molar-refractivity contribution is 0.277. The summed E-state index contributed by atoms with van der Waals surface area (Å²) in [6, 6.07) is 5.77. The monoisotopic (exact) mass is 286 g/mol. The van der Waals surface area contributed by atoms with Crippen LogP contribution in [0.1, 0.15) is 26.7 Å². The van der Waals surface area contributed by atoms with Crippen molar-refractivity contribution < 1.29 is 0 Å². The molecule has 0 amide bonds. The van der Waals surface area contributed by atoms with Gasteiger partial charge in [0.2, 0.25) is 0 Å². The molecule has 1 aliphatic heterocycles. The fraction of sp³-hybridized carbons (Fsp3) is 0.571. The normalized spacial score (nSPS) is 19.0. The van der Waals surface area contributed by atoms with Crippen LogP contribution in [0.15, 0.2) is 18.2 Å². The Kier molecular flexibility index (Phi) is 4.41. The maximum absolute atomic E-state index is 6.08. The largest absolute Gasteiger partial charge is 0.368 e. The number of nitrogens with one attached hydrogen (secondary N) is 1. The van der Waals surface area contributed by atoms with Crippen molar-refractivity contribution in [1.82, 2.24) is 5.32 Å². The second-order valence-electron chi connectivity index (χ2n) is 4.96. The van der Waals surface area contributed by atoms with Crippen LogP contribution in [0.3, 0.4) is 0 Å². The molecular weight excluding hydrogens is 267 g/mol. The summed E-state index contributed by atoms with van der Waals surface area (Å²) in [4.78, 5) is 2.38. The Morgan fingerprint density at radius 1 is 1.17 bits per heavy atom. The maximum Gasteiger partial charge on any atom is 0.0441 e. The van der Waals surface area contributed by atoms with Gasteiger partial charge in [-0.05, 0) is 31.0 Å². The molecule has 1 aromatic rings. The lowest BCUT2D eigenvalue weighted by Crippen LogP contribution is -2.60. The first kappa shape index (κ1) is 14.0. The number of benzene rings is 1. The molecule has 0 unspecified atom stereocenters. The minimum atomic E-state index is 0.215. The van der Waals surface area contributed by atoms with E-state index < -0.39 is 0 Å². The molecule has 2 nitrogen and oxygen atoms in total. The van der Waals surface area contributed by atoms with E-state index in [0.29, 0.717) is 10.0 Å². The summed E-state index contributed by atoms with van der Waals surface area (Å²) >= 11 is 12.2. The van der Waals surface area contributed by atoms with E-state index in [-0.39, 0.29) is 5.54 Å². The summed E-state index contributed by atoms with van der Waals surface area (Å²) in [5.74, 6) is 0. The average Bonchev–Trinajstić information content (AvgIpc) is 2.37. The van der Waals surface area contributed by atoms with Crippen LogP contribution < -0.4 is 10.2 Å². The highest BCUT2D eigenvalue weighted by molar-refractivity contribution is 6.35. The summed E-state index contributed by atoms with van der Waals surface area (Å²) < 4.78 is 0. The molecule has 0 saturated carbocycles. The summed E-state index contributed by atoms with van der Waals surface area (Å²) in [5, 5.41) is 5.06. The molecule has 2 rings (SSSR count). The number of halogens is 2. The van der Waals surface area contributed by atoms with Crippen molar-refractivity contribution in [3.8, 4) is 0 Å². The molecule has 1 N–H and O–H groups in total. The summed E-state index contributed by atoms with van der Waals surface area (Å²) in [7, 11) is 0. The molecule has 1 aliphatic rings. The van der Waals surface area contributed by atoms with Gasteiger partial charge in [-0.15, -0.1) is 0 Å². The van der Waals surface area contributed by atoms with Gasteiger partial charge in [-0.2, -0.15) is 0 Å². The molecular formula is C14H20Cl2N2. The quantitative estimate of drug-likeness (QED) is 0.905. The molecule has 0 aliphatic carbocycles. The standard InChI is InChI=1S/C14H20Cl2N2/c1-3-14(4-2)10-18(6-5-17-14)13-8-11(15)7-12(16)9-13/h7-9,17H,3-6,10H2,1-2H3. The Morgan fingerprint density at radius 3 is 2.33 bits per heavy atom. The highest BCUT2D eigenvalue weighted by Gasteiger charge is 2.31. The number of nitrogens with zero attached hydrogens (tertiary/aromatic N) is 1. The SMILES string of the molecule is CCC1(CC)CN(c2cc(Cl)cc(Cl)c2)CCN1. The van der Waals surface area contributed by atoms with Gasteiger partial charge in [-0.25, -0.2) is 0 Å². The fourth-order valence-electron chi connectivity index (χ4n) is 2.62. The van der Waals surface area contributed by atoms with Crippen molar-refractivity contribution in [3.05, 3.63) is 28.2 Å². The van der Waals surface area contributed by atoms with Crippen LogP contribution in [0.2, 0.25) is 10.0 Å². The molecule has 100 valence electrons. The van der Waals surface area contributed by atoms with Gasteiger partial charge >= 0.3 is 0 Å². The number of piperazine rings is 1. The van der Waals surface area contributed by atoms with Crippen LogP contribution in [0.25, 0.3) is 0 Å². The third-order valence-electron chi connectivity index (χ3n) is 3.94. The molecule has 4 heteroatoms. The van der Waals surface area contributed by atoms with Gasteiger partial charge in [0.1, 0.15) is 0 Å². The Morgan fingerprint density at radius 2 is 1.78 bits per heavy atom. The van der Waals surface area contributed by atoms with E-state index in [1.807, 2.05) is 12.1 Å².